The van der Waals surface area contributed by atoms with Gasteiger partial charge >= 0.3 is 5.97 Å². The van der Waals surface area contributed by atoms with Crippen molar-refractivity contribution in [2.45, 2.75) is 18.6 Å². The number of benzene rings is 1. The number of carbonyl (C=O) groups is 1. The fourth-order valence-corrected chi connectivity index (χ4v) is 1.93. The van der Waals surface area contributed by atoms with E-state index in [1.54, 1.807) is 6.20 Å². The lowest BCUT2D eigenvalue weighted by molar-refractivity contribution is -0.144. The average Bonchev–Trinajstić information content (AvgIpc) is 2.45. The molecule has 2 N–H and O–H groups in total. The molecular weight excluding hydrogens is 246 g/mol. The highest BCUT2D eigenvalue weighted by Crippen LogP contribution is 2.25. The molecule has 5 nitrogen and oxygen atoms in total. The van der Waals surface area contributed by atoms with Crippen LogP contribution in [0.5, 0.6) is 0 Å². The third kappa shape index (κ3) is 2.89. The normalized spacial score (nSPS) is 14.1. The van der Waals surface area contributed by atoms with Gasteiger partial charge in [-0.3, -0.25) is 9.78 Å². The Bertz CT molecular complexity index is 579. The number of aromatic nitrogens is 1. The third-order valence-corrected chi connectivity index (χ3v) is 2.95. The van der Waals surface area contributed by atoms with E-state index in [0.717, 1.165) is 10.8 Å². The molecule has 2 atom stereocenters. The standard InChI is InChI=1S/C14H15NO4/c1-19-12(17)8-11(16)14(18)13-10-5-3-2-4-9(10)6-7-15-13/h2-7,11,14,16,18H,8H2,1H3. The van der Waals surface area contributed by atoms with Crippen LogP contribution in [0.2, 0.25) is 0 Å². The molecule has 0 radical (unpaired) electrons. The van der Waals surface area contributed by atoms with Gasteiger partial charge in [0, 0.05) is 11.6 Å². The predicted octanol–water partition coefficient (Wildman–Crippen LogP) is 1.19. The van der Waals surface area contributed by atoms with Crippen molar-refractivity contribution < 1.29 is 19.7 Å². The summed E-state index contributed by atoms with van der Waals surface area (Å²) in [5.41, 5.74) is 0.356. The summed E-state index contributed by atoms with van der Waals surface area (Å²) >= 11 is 0. The van der Waals surface area contributed by atoms with Crippen molar-refractivity contribution >= 4 is 16.7 Å². The van der Waals surface area contributed by atoms with Crippen LogP contribution in [0, 0.1) is 0 Å². The average molecular weight is 261 g/mol. The van der Waals surface area contributed by atoms with E-state index in [0.29, 0.717) is 5.69 Å². The number of methoxy groups -OCH3 is 1. The van der Waals surface area contributed by atoms with Gasteiger partial charge in [-0.05, 0) is 11.5 Å². The number of pyridine rings is 1. The van der Waals surface area contributed by atoms with Gasteiger partial charge in [0.1, 0.15) is 6.10 Å². The summed E-state index contributed by atoms with van der Waals surface area (Å²) in [6.07, 6.45) is -1.19. The summed E-state index contributed by atoms with van der Waals surface area (Å²) in [7, 11) is 1.23. The fraction of sp³-hybridized carbons (Fsp3) is 0.286. The minimum atomic E-state index is -1.24. The number of fused-ring (bicyclic) bond motifs is 1. The van der Waals surface area contributed by atoms with Gasteiger partial charge in [-0.25, -0.2) is 0 Å². The number of esters is 1. The second-order valence-electron chi connectivity index (χ2n) is 4.21. The van der Waals surface area contributed by atoms with Crippen molar-refractivity contribution in [3.63, 3.8) is 0 Å². The van der Waals surface area contributed by atoms with E-state index in [1.807, 2.05) is 30.3 Å². The number of rotatable bonds is 4. The summed E-state index contributed by atoms with van der Waals surface area (Å²) in [4.78, 5) is 15.2. The van der Waals surface area contributed by atoms with E-state index in [2.05, 4.69) is 9.72 Å². The Hall–Kier alpha value is -1.98. The van der Waals surface area contributed by atoms with E-state index in [-0.39, 0.29) is 6.42 Å². The van der Waals surface area contributed by atoms with Gasteiger partial charge in [0.05, 0.1) is 25.3 Å². The molecule has 2 unspecified atom stereocenters. The van der Waals surface area contributed by atoms with Crippen LogP contribution < -0.4 is 0 Å². The molecule has 0 saturated heterocycles. The molecule has 0 spiro atoms. The highest BCUT2D eigenvalue weighted by molar-refractivity contribution is 5.84. The van der Waals surface area contributed by atoms with Crippen molar-refractivity contribution in [3.05, 3.63) is 42.2 Å². The minimum absolute atomic E-state index is 0.275. The number of carbonyl (C=O) groups excluding carboxylic acids is 1. The highest BCUT2D eigenvalue weighted by Gasteiger charge is 2.24. The molecule has 2 aromatic rings. The zero-order valence-corrected chi connectivity index (χ0v) is 10.5. The Morgan fingerprint density at radius 2 is 2.05 bits per heavy atom. The first-order valence-electron chi connectivity index (χ1n) is 5.90. The van der Waals surface area contributed by atoms with Crippen LogP contribution in [0.15, 0.2) is 36.5 Å². The lowest BCUT2D eigenvalue weighted by Gasteiger charge is -2.17. The molecule has 0 amide bonds. The molecule has 1 aromatic carbocycles. The van der Waals surface area contributed by atoms with Crippen LogP contribution in [0.4, 0.5) is 0 Å². The maximum absolute atomic E-state index is 11.1. The summed E-state index contributed by atoms with van der Waals surface area (Å²) in [5, 5.41) is 21.6. The molecule has 1 aromatic heterocycles. The molecule has 19 heavy (non-hydrogen) atoms. The Balaban J connectivity index is 2.30. The fourth-order valence-electron chi connectivity index (χ4n) is 1.93. The Kier molecular flexibility index (Phi) is 4.09. The Morgan fingerprint density at radius 3 is 2.79 bits per heavy atom. The molecule has 100 valence electrons. The van der Waals surface area contributed by atoms with Gasteiger partial charge < -0.3 is 14.9 Å². The van der Waals surface area contributed by atoms with E-state index in [9.17, 15) is 15.0 Å². The second-order valence-corrected chi connectivity index (χ2v) is 4.21. The number of nitrogens with zero attached hydrogens (tertiary/aromatic N) is 1. The predicted molar refractivity (Wildman–Crippen MR) is 69.3 cm³/mol. The lowest BCUT2D eigenvalue weighted by Crippen LogP contribution is -2.23. The highest BCUT2D eigenvalue weighted by atomic mass is 16.5. The summed E-state index contributed by atoms with van der Waals surface area (Å²) in [5.74, 6) is -0.577. The third-order valence-electron chi connectivity index (χ3n) is 2.95. The van der Waals surface area contributed by atoms with Gasteiger partial charge in [-0.15, -0.1) is 0 Å². The molecule has 0 aliphatic carbocycles. The van der Waals surface area contributed by atoms with Crippen LogP contribution >= 0.6 is 0 Å². The van der Waals surface area contributed by atoms with Gasteiger partial charge in [-0.1, -0.05) is 24.3 Å². The van der Waals surface area contributed by atoms with Crippen LogP contribution in [0.3, 0.4) is 0 Å². The van der Waals surface area contributed by atoms with E-state index < -0.39 is 18.2 Å². The van der Waals surface area contributed by atoms with Gasteiger partial charge in [0.2, 0.25) is 0 Å². The molecule has 2 rings (SSSR count). The summed E-state index contributed by atoms with van der Waals surface area (Å²) < 4.78 is 4.46. The van der Waals surface area contributed by atoms with E-state index >= 15 is 0 Å². The summed E-state index contributed by atoms with van der Waals surface area (Å²) in [6, 6.07) is 9.22. The molecule has 0 fully saturated rings. The maximum atomic E-state index is 11.1. The number of ether oxygens (including phenoxy) is 1. The van der Waals surface area contributed by atoms with Crippen LogP contribution in [0.25, 0.3) is 10.8 Å². The van der Waals surface area contributed by atoms with Gasteiger partial charge in [0.15, 0.2) is 0 Å². The molecule has 0 saturated carbocycles. The van der Waals surface area contributed by atoms with Crippen LogP contribution in [-0.4, -0.2) is 34.4 Å². The first kappa shape index (κ1) is 13.5. The topological polar surface area (TPSA) is 79.7 Å². The maximum Gasteiger partial charge on any atom is 0.308 e. The zero-order chi connectivity index (χ0) is 13.8. The number of hydrogen-bond donors (Lipinski definition) is 2. The number of hydrogen-bond acceptors (Lipinski definition) is 5. The van der Waals surface area contributed by atoms with Crippen molar-refractivity contribution in [1.82, 2.24) is 4.98 Å². The Labute approximate surface area is 110 Å². The van der Waals surface area contributed by atoms with Crippen LogP contribution in [0.1, 0.15) is 18.2 Å². The van der Waals surface area contributed by atoms with E-state index in [1.165, 1.54) is 7.11 Å². The van der Waals surface area contributed by atoms with E-state index in [4.69, 9.17) is 0 Å². The molecule has 0 aliphatic rings. The Morgan fingerprint density at radius 1 is 1.32 bits per heavy atom. The molecule has 0 aliphatic heterocycles. The molecule has 1 heterocycles. The van der Waals surface area contributed by atoms with Crippen molar-refractivity contribution in [1.29, 1.82) is 0 Å². The number of aliphatic hydroxyl groups is 2. The molecular formula is C14H15NO4. The lowest BCUT2D eigenvalue weighted by atomic mass is 10.0. The first-order chi connectivity index (χ1) is 9.13. The zero-order valence-electron chi connectivity index (χ0n) is 10.5. The SMILES string of the molecule is COC(=O)CC(O)C(O)c1nccc2ccccc12. The first-order valence-corrected chi connectivity index (χ1v) is 5.90. The summed E-state index contributed by atoms with van der Waals surface area (Å²) in [6.45, 7) is 0. The molecule has 5 heteroatoms. The largest absolute Gasteiger partial charge is 0.469 e. The van der Waals surface area contributed by atoms with Crippen molar-refractivity contribution in [2.24, 2.45) is 0 Å². The number of aliphatic hydroxyl groups excluding tert-OH is 2. The quantitative estimate of drug-likeness (QED) is 0.808. The van der Waals surface area contributed by atoms with Crippen molar-refractivity contribution in [2.75, 3.05) is 7.11 Å². The second kappa shape index (κ2) is 5.77. The smallest absolute Gasteiger partial charge is 0.308 e. The molecule has 0 bridgehead atoms. The monoisotopic (exact) mass is 261 g/mol. The van der Waals surface area contributed by atoms with Gasteiger partial charge in [0.25, 0.3) is 0 Å². The van der Waals surface area contributed by atoms with Crippen molar-refractivity contribution in [3.8, 4) is 0 Å². The van der Waals surface area contributed by atoms with Crippen LogP contribution in [-0.2, 0) is 9.53 Å². The van der Waals surface area contributed by atoms with Gasteiger partial charge in [-0.2, -0.15) is 0 Å². The minimum Gasteiger partial charge on any atom is -0.469 e.